The highest BCUT2D eigenvalue weighted by molar-refractivity contribution is 5.97. The number of amides is 1. The van der Waals surface area contributed by atoms with E-state index in [2.05, 4.69) is 34.6 Å². The molecule has 5 nitrogen and oxygen atoms in total. The number of hydrogen-bond donors (Lipinski definition) is 1. The van der Waals surface area contributed by atoms with Crippen LogP contribution < -0.4 is 14.8 Å². The summed E-state index contributed by atoms with van der Waals surface area (Å²) in [6, 6.07) is 13.9. The second-order valence-corrected chi connectivity index (χ2v) is 7.21. The summed E-state index contributed by atoms with van der Waals surface area (Å²) in [5.74, 6) is 1.21. The van der Waals surface area contributed by atoms with Gasteiger partial charge >= 0.3 is 0 Å². The van der Waals surface area contributed by atoms with Gasteiger partial charge in [-0.05, 0) is 29.9 Å². The first-order valence-corrected chi connectivity index (χ1v) is 9.14. The van der Waals surface area contributed by atoms with Crippen LogP contribution in [0.4, 0.5) is 5.69 Å². The molecule has 0 saturated heterocycles. The predicted octanol–water partition coefficient (Wildman–Crippen LogP) is 4.01. The van der Waals surface area contributed by atoms with Gasteiger partial charge in [0.05, 0.1) is 20.1 Å². The number of hydrogen-bond acceptors (Lipinski definition) is 4. The van der Waals surface area contributed by atoms with Crippen LogP contribution in [-0.2, 0) is 4.79 Å². The summed E-state index contributed by atoms with van der Waals surface area (Å²) in [6.45, 7) is 0. The van der Waals surface area contributed by atoms with Gasteiger partial charge < -0.3 is 14.8 Å². The minimum absolute atomic E-state index is 0.0132. The van der Waals surface area contributed by atoms with Gasteiger partial charge in [-0.3, -0.25) is 4.79 Å². The second kappa shape index (κ2) is 6.63. The summed E-state index contributed by atoms with van der Waals surface area (Å²) in [4.78, 5) is 17.4. The summed E-state index contributed by atoms with van der Waals surface area (Å²) < 4.78 is 10.4. The second-order valence-electron chi connectivity index (χ2n) is 7.21. The van der Waals surface area contributed by atoms with Crippen molar-refractivity contribution in [3.05, 3.63) is 48.0 Å². The third-order valence-electron chi connectivity index (χ3n) is 5.93. The van der Waals surface area contributed by atoms with E-state index >= 15 is 0 Å². The smallest absolute Gasteiger partial charge is 0.240 e. The summed E-state index contributed by atoms with van der Waals surface area (Å²) in [5, 5.41) is 3.04. The standard InChI is InChI=1S/C21H24N2O3/c1-25-16-11-10-15(20(23-16)26-2)22-19(24)18-17(14-8-4-3-5-9-14)21(18)12-6-7-13-21/h3-5,8-11,17-18H,6-7,12-13H2,1-2H3,(H,22,24)/t17-,18+/m1/s1. The lowest BCUT2D eigenvalue weighted by Crippen LogP contribution is -2.18. The van der Waals surface area contributed by atoms with Crippen LogP contribution in [0.1, 0.15) is 37.2 Å². The first-order valence-electron chi connectivity index (χ1n) is 9.14. The van der Waals surface area contributed by atoms with E-state index in [1.165, 1.54) is 18.4 Å². The summed E-state index contributed by atoms with van der Waals surface area (Å²) in [5.41, 5.74) is 1.98. The van der Waals surface area contributed by atoms with Crippen molar-refractivity contribution in [1.29, 1.82) is 0 Å². The van der Waals surface area contributed by atoms with Crippen LogP contribution in [-0.4, -0.2) is 25.1 Å². The first-order chi connectivity index (χ1) is 12.7. The SMILES string of the molecule is COc1ccc(NC(=O)[C@@H]2[C@@H](c3ccccc3)C23CCCC3)c(OC)n1. The molecule has 136 valence electrons. The van der Waals surface area contributed by atoms with E-state index in [1.54, 1.807) is 26.4 Å². The molecule has 26 heavy (non-hydrogen) atoms. The molecular weight excluding hydrogens is 328 g/mol. The van der Waals surface area contributed by atoms with Crippen molar-refractivity contribution in [1.82, 2.24) is 4.98 Å². The van der Waals surface area contributed by atoms with Gasteiger partial charge in [0.25, 0.3) is 0 Å². The summed E-state index contributed by atoms with van der Waals surface area (Å²) in [6.07, 6.45) is 4.67. The van der Waals surface area contributed by atoms with Crippen LogP contribution in [0.15, 0.2) is 42.5 Å². The minimum Gasteiger partial charge on any atom is -0.481 e. The number of carbonyl (C=O) groups excluding carboxylic acids is 1. The zero-order valence-electron chi connectivity index (χ0n) is 15.2. The fourth-order valence-electron chi connectivity index (χ4n) is 4.74. The zero-order chi connectivity index (χ0) is 18.1. The molecule has 1 aromatic carbocycles. The third kappa shape index (κ3) is 2.71. The number of anilines is 1. The molecule has 2 atom stereocenters. The Bertz CT molecular complexity index is 800. The Balaban J connectivity index is 1.58. The molecule has 2 fully saturated rings. The van der Waals surface area contributed by atoms with Gasteiger partial charge in [0.15, 0.2) is 0 Å². The molecule has 1 aromatic heterocycles. The molecule has 4 rings (SSSR count). The van der Waals surface area contributed by atoms with Crippen LogP contribution in [0.2, 0.25) is 0 Å². The van der Waals surface area contributed by atoms with Crippen LogP contribution >= 0.6 is 0 Å². The minimum atomic E-state index is 0.0132. The number of methoxy groups -OCH3 is 2. The highest BCUT2D eigenvalue weighted by atomic mass is 16.5. The molecule has 1 heterocycles. The lowest BCUT2D eigenvalue weighted by molar-refractivity contribution is -0.118. The Hall–Kier alpha value is -2.56. The number of benzene rings is 1. The van der Waals surface area contributed by atoms with Crippen molar-refractivity contribution in [2.24, 2.45) is 11.3 Å². The highest BCUT2D eigenvalue weighted by Gasteiger charge is 2.68. The van der Waals surface area contributed by atoms with Crippen LogP contribution in [0, 0.1) is 11.3 Å². The fraction of sp³-hybridized carbons (Fsp3) is 0.429. The topological polar surface area (TPSA) is 60.5 Å². The van der Waals surface area contributed by atoms with E-state index in [4.69, 9.17) is 9.47 Å². The molecule has 1 spiro atoms. The molecule has 1 N–H and O–H groups in total. The van der Waals surface area contributed by atoms with E-state index in [0.29, 0.717) is 23.4 Å². The van der Waals surface area contributed by atoms with Crippen molar-refractivity contribution in [2.45, 2.75) is 31.6 Å². The Labute approximate surface area is 153 Å². The maximum atomic E-state index is 13.1. The third-order valence-corrected chi connectivity index (χ3v) is 5.93. The molecule has 5 heteroatoms. The average Bonchev–Trinajstić information content (AvgIpc) is 3.07. The number of nitrogens with one attached hydrogen (secondary N) is 1. The Morgan fingerprint density at radius 1 is 1.08 bits per heavy atom. The van der Waals surface area contributed by atoms with Gasteiger partial charge in [0, 0.05) is 12.0 Å². The van der Waals surface area contributed by atoms with Gasteiger partial charge in [0.2, 0.25) is 17.7 Å². The largest absolute Gasteiger partial charge is 0.481 e. The van der Waals surface area contributed by atoms with Crippen molar-refractivity contribution in [3.63, 3.8) is 0 Å². The molecule has 2 aliphatic carbocycles. The maximum absolute atomic E-state index is 13.1. The summed E-state index contributed by atoms with van der Waals surface area (Å²) in [7, 11) is 3.10. The fourth-order valence-corrected chi connectivity index (χ4v) is 4.74. The van der Waals surface area contributed by atoms with E-state index in [0.717, 1.165) is 12.8 Å². The first kappa shape index (κ1) is 16.9. The normalized spacial score (nSPS) is 22.8. The summed E-state index contributed by atoms with van der Waals surface area (Å²) >= 11 is 0. The Morgan fingerprint density at radius 2 is 1.81 bits per heavy atom. The molecule has 2 aromatic rings. The van der Waals surface area contributed by atoms with Gasteiger partial charge in [-0.2, -0.15) is 4.98 Å². The predicted molar refractivity (Wildman–Crippen MR) is 99.5 cm³/mol. The highest BCUT2D eigenvalue weighted by Crippen LogP contribution is 2.72. The van der Waals surface area contributed by atoms with Gasteiger partial charge in [0.1, 0.15) is 5.69 Å². The Morgan fingerprint density at radius 3 is 2.46 bits per heavy atom. The molecule has 1 amide bonds. The van der Waals surface area contributed by atoms with E-state index in [9.17, 15) is 4.79 Å². The van der Waals surface area contributed by atoms with E-state index in [-0.39, 0.29) is 17.2 Å². The van der Waals surface area contributed by atoms with E-state index in [1.807, 2.05) is 6.07 Å². The van der Waals surface area contributed by atoms with Gasteiger partial charge in [-0.25, -0.2) is 0 Å². The van der Waals surface area contributed by atoms with Gasteiger partial charge in [-0.15, -0.1) is 0 Å². The number of pyridine rings is 1. The molecule has 2 saturated carbocycles. The lowest BCUT2D eigenvalue weighted by atomic mass is 9.97. The van der Waals surface area contributed by atoms with Crippen LogP contribution in [0.5, 0.6) is 11.8 Å². The average molecular weight is 352 g/mol. The number of carbonyl (C=O) groups is 1. The van der Waals surface area contributed by atoms with E-state index < -0.39 is 0 Å². The monoisotopic (exact) mass is 352 g/mol. The molecule has 0 aliphatic heterocycles. The molecule has 2 aliphatic rings. The molecule has 0 radical (unpaired) electrons. The quantitative estimate of drug-likeness (QED) is 0.883. The van der Waals surface area contributed by atoms with Crippen molar-refractivity contribution < 1.29 is 14.3 Å². The number of rotatable bonds is 5. The van der Waals surface area contributed by atoms with Crippen molar-refractivity contribution in [2.75, 3.05) is 19.5 Å². The molecule has 0 unspecified atom stereocenters. The maximum Gasteiger partial charge on any atom is 0.240 e. The van der Waals surface area contributed by atoms with Crippen LogP contribution in [0.25, 0.3) is 0 Å². The Kier molecular flexibility index (Phi) is 4.31. The lowest BCUT2D eigenvalue weighted by Gasteiger charge is -2.12. The van der Waals surface area contributed by atoms with Crippen molar-refractivity contribution in [3.8, 4) is 11.8 Å². The number of nitrogens with zero attached hydrogens (tertiary/aromatic N) is 1. The van der Waals surface area contributed by atoms with Crippen LogP contribution in [0.3, 0.4) is 0 Å². The number of ether oxygens (including phenoxy) is 2. The molecule has 0 bridgehead atoms. The van der Waals surface area contributed by atoms with Gasteiger partial charge in [-0.1, -0.05) is 43.2 Å². The zero-order valence-corrected chi connectivity index (χ0v) is 15.2. The number of aromatic nitrogens is 1. The van der Waals surface area contributed by atoms with Crippen molar-refractivity contribution >= 4 is 11.6 Å². The molecular formula is C21H24N2O3.